The second-order valence-corrected chi connectivity index (χ2v) is 2.09. The van der Waals surface area contributed by atoms with Crippen LogP contribution in [0.2, 0.25) is 0 Å². The molecular formula is C7H9N5O. The Balaban J connectivity index is 0.000000145. The molecule has 0 bridgehead atoms. The second kappa shape index (κ2) is 4.70. The van der Waals surface area contributed by atoms with E-state index >= 15 is 0 Å². The Morgan fingerprint density at radius 1 is 1.38 bits per heavy atom. The summed E-state index contributed by atoms with van der Waals surface area (Å²) in [5.41, 5.74) is 4.75. The lowest BCUT2D eigenvalue weighted by molar-refractivity contribution is 1.08. The molecule has 6 nitrogen and oxygen atoms in total. The fourth-order valence-electron chi connectivity index (χ4n) is 0.598. The van der Waals surface area contributed by atoms with E-state index in [-0.39, 0.29) is 0 Å². The average molecular weight is 179 g/mol. The van der Waals surface area contributed by atoms with E-state index < -0.39 is 5.69 Å². The molecule has 4 N–H and O–H groups in total. The Kier molecular flexibility index (Phi) is 3.25. The highest BCUT2D eigenvalue weighted by Gasteiger charge is 1.80. The van der Waals surface area contributed by atoms with Gasteiger partial charge in [-0.2, -0.15) is 0 Å². The van der Waals surface area contributed by atoms with Crippen molar-refractivity contribution in [3.63, 3.8) is 0 Å². The summed E-state index contributed by atoms with van der Waals surface area (Å²) in [7, 11) is 0. The zero-order valence-corrected chi connectivity index (χ0v) is 6.77. The zero-order valence-electron chi connectivity index (χ0n) is 6.77. The fraction of sp³-hybridized carbons (Fsp3) is 0. The predicted octanol–water partition coefficient (Wildman–Crippen LogP) is -0.238. The molecule has 0 aliphatic rings. The molecule has 0 aliphatic carbocycles. The predicted molar refractivity (Wildman–Crippen MR) is 47.9 cm³/mol. The number of aromatic amines is 2. The lowest BCUT2D eigenvalue weighted by Crippen LogP contribution is -2.10. The molecule has 0 saturated heterocycles. The summed E-state index contributed by atoms with van der Waals surface area (Å²) in [5.74, 6) is 0.338. The molecule has 0 saturated carbocycles. The van der Waals surface area contributed by atoms with Crippen molar-refractivity contribution in [2.45, 2.75) is 0 Å². The molecule has 2 heterocycles. The van der Waals surface area contributed by atoms with Crippen molar-refractivity contribution in [3.8, 4) is 0 Å². The van der Waals surface area contributed by atoms with Gasteiger partial charge in [-0.05, 0) is 6.07 Å². The zero-order chi connectivity index (χ0) is 9.52. The number of imidazole rings is 1. The molecule has 2 aromatic rings. The first kappa shape index (κ1) is 8.98. The van der Waals surface area contributed by atoms with Gasteiger partial charge in [-0.1, -0.05) is 0 Å². The number of H-pyrrole nitrogens is 2. The molecule has 0 aromatic carbocycles. The highest BCUT2D eigenvalue weighted by molar-refractivity contribution is 5.22. The Labute approximate surface area is 73.9 Å². The third-order valence-electron chi connectivity index (χ3n) is 1.10. The van der Waals surface area contributed by atoms with Crippen molar-refractivity contribution in [1.29, 1.82) is 0 Å². The number of anilines is 1. The summed E-state index contributed by atoms with van der Waals surface area (Å²) >= 11 is 0. The third kappa shape index (κ3) is 3.71. The first-order chi connectivity index (χ1) is 6.29. The van der Waals surface area contributed by atoms with E-state index in [1.807, 2.05) is 0 Å². The minimum absolute atomic E-state index is 0.338. The number of nitrogens with two attached hydrogens (primary N) is 1. The fourth-order valence-corrected chi connectivity index (χ4v) is 0.598. The first-order valence-corrected chi connectivity index (χ1v) is 3.52. The molecule has 0 amide bonds. The van der Waals surface area contributed by atoms with E-state index in [2.05, 4.69) is 19.9 Å². The van der Waals surface area contributed by atoms with E-state index in [4.69, 9.17) is 5.73 Å². The number of nitrogens with one attached hydrogen (secondary N) is 2. The molecule has 0 unspecified atom stereocenters. The van der Waals surface area contributed by atoms with Crippen LogP contribution >= 0.6 is 0 Å². The van der Waals surface area contributed by atoms with Crippen LogP contribution in [0.25, 0.3) is 0 Å². The van der Waals surface area contributed by atoms with Crippen molar-refractivity contribution in [2.75, 3.05) is 5.73 Å². The van der Waals surface area contributed by atoms with Crippen molar-refractivity contribution in [2.24, 2.45) is 0 Å². The van der Waals surface area contributed by atoms with Crippen LogP contribution in [0, 0.1) is 0 Å². The largest absolute Gasteiger partial charge is 0.385 e. The van der Waals surface area contributed by atoms with E-state index in [9.17, 15) is 4.79 Å². The SMILES string of the molecule is Nc1ccnc(=O)[nH]1.c1c[nH]cn1. The van der Waals surface area contributed by atoms with Gasteiger partial charge >= 0.3 is 5.69 Å². The van der Waals surface area contributed by atoms with Crippen LogP contribution in [0.5, 0.6) is 0 Å². The lowest BCUT2D eigenvalue weighted by Gasteiger charge is -1.84. The monoisotopic (exact) mass is 179 g/mol. The summed E-state index contributed by atoms with van der Waals surface area (Å²) in [4.78, 5) is 22.3. The Morgan fingerprint density at radius 3 is 2.54 bits per heavy atom. The minimum atomic E-state index is -0.412. The molecule has 0 aliphatic heterocycles. The first-order valence-electron chi connectivity index (χ1n) is 3.52. The maximum absolute atomic E-state index is 10.2. The van der Waals surface area contributed by atoms with Crippen LogP contribution in [-0.2, 0) is 0 Å². The topological polar surface area (TPSA) is 100 Å². The van der Waals surface area contributed by atoms with Gasteiger partial charge < -0.3 is 10.7 Å². The van der Waals surface area contributed by atoms with Gasteiger partial charge in [-0.15, -0.1) is 0 Å². The van der Waals surface area contributed by atoms with Gasteiger partial charge in [0.05, 0.1) is 6.33 Å². The van der Waals surface area contributed by atoms with Crippen LogP contribution in [0.15, 0.2) is 35.8 Å². The standard InChI is InChI=1S/C4H5N3O.C3H4N2/c5-3-1-2-6-4(8)7-3;1-2-5-3-4-1/h1-2H,(H3,5,6,7,8);1-3H,(H,4,5). The molecule has 6 heteroatoms. The number of hydrogen-bond donors (Lipinski definition) is 3. The van der Waals surface area contributed by atoms with Crippen LogP contribution < -0.4 is 11.4 Å². The van der Waals surface area contributed by atoms with Crippen LogP contribution in [-0.4, -0.2) is 19.9 Å². The van der Waals surface area contributed by atoms with Crippen molar-refractivity contribution in [3.05, 3.63) is 41.5 Å². The Bertz CT molecular complexity index is 363. The molecule has 68 valence electrons. The van der Waals surface area contributed by atoms with Crippen LogP contribution in [0.1, 0.15) is 0 Å². The van der Waals surface area contributed by atoms with Gasteiger partial charge in [0.2, 0.25) is 0 Å². The van der Waals surface area contributed by atoms with Gasteiger partial charge in [-0.3, -0.25) is 4.98 Å². The van der Waals surface area contributed by atoms with Crippen molar-refractivity contribution in [1.82, 2.24) is 19.9 Å². The number of rotatable bonds is 0. The van der Waals surface area contributed by atoms with Gasteiger partial charge in [-0.25, -0.2) is 14.8 Å². The molecule has 0 fully saturated rings. The summed E-state index contributed by atoms with van der Waals surface area (Å²) < 4.78 is 0. The number of nitrogen functional groups attached to an aromatic ring is 1. The second-order valence-electron chi connectivity index (χ2n) is 2.09. The molecule has 0 radical (unpaired) electrons. The van der Waals surface area contributed by atoms with Gasteiger partial charge in [0.15, 0.2) is 0 Å². The Morgan fingerprint density at radius 2 is 2.23 bits per heavy atom. The van der Waals surface area contributed by atoms with Crippen LogP contribution in [0.3, 0.4) is 0 Å². The van der Waals surface area contributed by atoms with Gasteiger partial charge in [0.1, 0.15) is 5.82 Å². The summed E-state index contributed by atoms with van der Waals surface area (Å²) in [6, 6.07) is 1.52. The third-order valence-corrected chi connectivity index (χ3v) is 1.10. The normalized spacial score (nSPS) is 8.62. The summed E-state index contributed by atoms with van der Waals surface area (Å²) in [6.45, 7) is 0. The molecule has 13 heavy (non-hydrogen) atoms. The van der Waals surface area contributed by atoms with E-state index in [1.54, 1.807) is 18.7 Å². The smallest absolute Gasteiger partial charge is 0.346 e. The molecule has 0 atom stereocenters. The van der Waals surface area contributed by atoms with E-state index in [1.165, 1.54) is 12.3 Å². The summed E-state index contributed by atoms with van der Waals surface area (Å²) in [5, 5.41) is 0. The quantitative estimate of drug-likeness (QED) is 0.519. The Hall–Kier alpha value is -2.11. The molecule has 0 spiro atoms. The summed E-state index contributed by atoms with van der Waals surface area (Å²) in [6.07, 6.45) is 6.44. The number of aromatic nitrogens is 4. The number of nitrogens with zero attached hydrogens (tertiary/aromatic N) is 2. The molecule has 2 aromatic heterocycles. The maximum Gasteiger partial charge on any atom is 0.346 e. The molecular weight excluding hydrogens is 170 g/mol. The minimum Gasteiger partial charge on any atom is -0.385 e. The van der Waals surface area contributed by atoms with Gasteiger partial charge in [0, 0.05) is 18.6 Å². The van der Waals surface area contributed by atoms with Crippen molar-refractivity contribution >= 4 is 5.82 Å². The van der Waals surface area contributed by atoms with E-state index in [0.717, 1.165) is 0 Å². The van der Waals surface area contributed by atoms with Crippen molar-refractivity contribution < 1.29 is 0 Å². The van der Waals surface area contributed by atoms with Gasteiger partial charge in [0.25, 0.3) is 0 Å². The molecule has 2 rings (SSSR count). The average Bonchev–Trinajstić information content (AvgIpc) is 2.59. The van der Waals surface area contributed by atoms with Crippen LogP contribution in [0.4, 0.5) is 5.82 Å². The number of hydrogen-bond acceptors (Lipinski definition) is 4. The van der Waals surface area contributed by atoms with E-state index in [0.29, 0.717) is 5.82 Å². The highest BCUT2D eigenvalue weighted by Crippen LogP contribution is 1.82. The maximum atomic E-state index is 10.2. The lowest BCUT2D eigenvalue weighted by atomic mass is 10.6. The highest BCUT2D eigenvalue weighted by atomic mass is 16.1.